The Morgan fingerprint density at radius 1 is 0.947 bits per heavy atom. The molecule has 2 saturated carbocycles. The van der Waals surface area contributed by atoms with E-state index in [0.29, 0.717) is 11.9 Å². The van der Waals surface area contributed by atoms with Crippen molar-refractivity contribution in [1.82, 2.24) is 15.0 Å². The van der Waals surface area contributed by atoms with Crippen LogP contribution in [0.1, 0.15) is 68.9 Å². The fourth-order valence-electron chi connectivity index (χ4n) is 3.14. The summed E-state index contributed by atoms with van der Waals surface area (Å²) in [7, 11) is 0. The monoisotopic (exact) mass is 278 g/mol. The highest BCUT2D eigenvalue weighted by atomic mass is 32.2. The highest BCUT2D eigenvalue weighted by molar-refractivity contribution is 7.99. The number of aromatic nitrogens is 3. The van der Waals surface area contributed by atoms with Crippen LogP contribution in [0.15, 0.2) is 0 Å². The van der Waals surface area contributed by atoms with Crippen LogP contribution in [-0.4, -0.2) is 20.2 Å². The van der Waals surface area contributed by atoms with Crippen LogP contribution < -0.4 is 5.73 Å². The minimum Gasteiger partial charge on any atom is -0.368 e. The predicted molar refractivity (Wildman–Crippen MR) is 79.0 cm³/mol. The number of nitrogens with two attached hydrogens (primary N) is 1. The van der Waals surface area contributed by atoms with Crippen molar-refractivity contribution in [1.29, 1.82) is 0 Å². The first-order chi connectivity index (χ1) is 9.31. The first kappa shape index (κ1) is 13.2. The van der Waals surface area contributed by atoms with Gasteiger partial charge in [0.2, 0.25) is 5.95 Å². The Morgan fingerprint density at radius 2 is 1.63 bits per heavy atom. The number of hydrogen-bond acceptors (Lipinski definition) is 5. The van der Waals surface area contributed by atoms with Gasteiger partial charge in [0.15, 0.2) is 0 Å². The second-order valence-corrected chi connectivity index (χ2v) is 6.96. The van der Waals surface area contributed by atoms with Gasteiger partial charge in [-0.2, -0.15) is 21.7 Å². The number of rotatable bonds is 4. The fraction of sp³-hybridized carbons (Fsp3) is 0.786. The van der Waals surface area contributed by atoms with Gasteiger partial charge in [-0.25, -0.2) is 4.98 Å². The number of nitrogens with zero attached hydrogens (tertiary/aromatic N) is 3. The second kappa shape index (κ2) is 6.07. The Labute approximate surface area is 119 Å². The lowest BCUT2D eigenvalue weighted by molar-refractivity contribution is 0.656. The van der Waals surface area contributed by atoms with E-state index in [-0.39, 0.29) is 0 Å². The number of thioether (sulfide) groups is 1. The van der Waals surface area contributed by atoms with Crippen molar-refractivity contribution in [3.8, 4) is 0 Å². The third-order valence-corrected chi connectivity index (χ3v) is 5.55. The van der Waals surface area contributed by atoms with Gasteiger partial charge in [0.1, 0.15) is 11.6 Å². The lowest BCUT2D eigenvalue weighted by atomic mass is 10.1. The highest BCUT2D eigenvalue weighted by Gasteiger charge is 2.21. The van der Waals surface area contributed by atoms with Gasteiger partial charge in [0.25, 0.3) is 0 Å². The van der Waals surface area contributed by atoms with Gasteiger partial charge < -0.3 is 5.73 Å². The molecule has 0 unspecified atom stereocenters. The first-order valence-electron chi connectivity index (χ1n) is 7.43. The first-order valence-corrected chi connectivity index (χ1v) is 8.48. The molecule has 4 nitrogen and oxygen atoms in total. The Kier molecular flexibility index (Phi) is 4.21. The summed E-state index contributed by atoms with van der Waals surface area (Å²) in [5.41, 5.74) is 5.84. The molecule has 2 fully saturated rings. The maximum atomic E-state index is 5.84. The number of anilines is 1. The molecule has 5 heteroatoms. The minimum absolute atomic E-state index is 0.402. The van der Waals surface area contributed by atoms with Gasteiger partial charge in [-0.05, 0) is 25.7 Å². The normalized spacial score (nSPS) is 21.3. The molecule has 0 atom stereocenters. The van der Waals surface area contributed by atoms with Gasteiger partial charge in [-0.15, -0.1) is 0 Å². The smallest absolute Gasteiger partial charge is 0.223 e. The summed E-state index contributed by atoms with van der Waals surface area (Å²) in [6.45, 7) is 0. The third-order valence-electron chi connectivity index (χ3n) is 4.19. The second-order valence-electron chi connectivity index (χ2n) is 5.67. The quantitative estimate of drug-likeness (QED) is 0.915. The van der Waals surface area contributed by atoms with Crippen molar-refractivity contribution in [3.63, 3.8) is 0 Å². The zero-order chi connectivity index (χ0) is 13.1. The Bertz CT molecular complexity index is 425. The van der Waals surface area contributed by atoms with E-state index >= 15 is 0 Å². The maximum Gasteiger partial charge on any atom is 0.223 e. The molecule has 2 aliphatic rings. The third kappa shape index (κ3) is 3.38. The molecule has 0 aromatic carbocycles. The van der Waals surface area contributed by atoms with E-state index in [1.54, 1.807) is 0 Å². The molecular formula is C14H22N4S. The summed E-state index contributed by atoms with van der Waals surface area (Å²) in [4.78, 5) is 13.3. The molecule has 0 radical (unpaired) electrons. The van der Waals surface area contributed by atoms with E-state index in [9.17, 15) is 0 Å². The SMILES string of the molecule is Nc1nc(CSC2CCCC2)nc(C2CCCC2)n1. The van der Waals surface area contributed by atoms with Crippen LogP contribution >= 0.6 is 11.8 Å². The van der Waals surface area contributed by atoms with Gasteiger partial charge in [-0.3, -0.25) is 0 Å². The molecule has 1 aromatic heterocycles. The van der Waals surface area contributed by atoms with Gasteiger partial charge >= 0.3 is 0 Å². The predicted octanol–water partition coefficient (Wildman–Crippen LogP) is 3.29. The molecule has 0 bridgehead atoms. The van der Waals surface area contributed by atoms with Crippen LogP contribution in [0.4, 0.5) is 5.95 Å². The standard InChI is InChI=1S/C14H22N4S/c15-14-17-12(9-19-11-7-3-4-8-11)16-13(18-14)10-5-1-2-6-10/h10-11H,1-9H2,(H2,15,16,17,18). The van der Waals surface area contributed by atoms with Crippen LogP contribution in [0.25, 0.3) is 0 Å². The zero-order valence-electron chi connectivity index (χ0n) is 11.3. The van der Waals surface area contributed by atoms with Crippen molar-refractivity contribution in [2.45, 2.75) is 68.3 Å². The molecule has 0 aliphatic heterocycles. The largest absolute Gasteiger partial charge is 0.368 e. The van der Waals surface area contributed by atoms with Crippen LogP contribution in [0.2, 0.25) is 0 Å². The highest BCUT2D eigenvalue weighted by Crippen LogP contribution is 2.33. The Morgan fingerprint density at radius 3 is 2.37 bits per heavy atom. The summed E-state index contributed by atoms with van der Waals surface area (Å²) >= 11 is 1.99. The van der Waals surface area contributed by atoms with Gasteiger partial charge in [-0.1, -0.05) is 25.7 Å². The zero-order valence-corrected chi connectivity index (χ0v) is 12.2. The van der Waals surface area contributed by atoms with Crippen molar-refractivity contribution in [2.24, 2.45) is 0 Å². The molecule has 0 saturated heterocycles. The average molecular weight is 278 g/mol. The Balaban J connectivity index is 1.66. The summed E-state index contributed by atoms with van der Waals surface area (Å²) in [6, 6.07) is 0. The van der Waals surface area contributed by atoms with Crippen molar-refractivity contribution < 1.29 is 0 Å². The molecule has 2 N–H and O–H groups in total. The molecular weight excluding hydrogens is 256 g/mol. The molecule has 19 heavy (non-hydrogen) atoms. The number of nitrogen functional groups attached to an aromatic ring is 1. The van der Waals surface area contributed by atoms with E-state index in [1.165, 1.54) is 51.4 Å². The topological polar surface area (TPSA) is 64.7 Å². The summed E-state index contributed by atoms with van der Waals surface area (Å²) in [6.07, 6.45) is 10.5. The lowest BCUT2D eigenvalue weighted by Crippen LogP contribution is -2.10. The van der Waals surface area contributed by atoms with Crippen LogP contribution in [0, 0.1) is 0 Å². The van der Waals surface area contributed by atoms with Gasteiger partial charge in [0, 0.05) is 11.2 Å². The molecule has 0 amide bonds. The van der Waals surface area contributed by atoms with Gasteiger partial charge in [0.05, 0.1) is 5.75 Å². The van der Waals surface area contributed by atoms with Crippen LogP contribution in [0.3, 0.4) is 0 Å². The van der Waals surface area contributed by atoms with Crippen molar-refractivity contribution >= 4 is 17.7 Å². The maximum absolute atomic E-state index is 5.84. The van der Waals surface area contributed by atoms with E-state index in [1.807, 2.05) is 11.8 Å². The average Bonchev–Trinajstić information content (AvgIpc) is 3.09. The van der Waals surface area contributed by atoms with Crippen LogP contribution in [0.5, 0.6) is 0 Å². The molecule has 104 valence electrons. The van der Waals surface area contributed by atoms with E-state index < -0.39 is 0 Å². The summed E-state index contributed by atoms with van der Waals surface area (Å²) in [5, 5.41) is 0.799. The van der Waals surface area contributed by atoms with Crippen molar-refractivity contribution in [3.05, 3.63) is 11.6 Å². The Hall–Kier alpha value is -0.840. The number of hydrogen-bond donors (Lipinski definition) is 1. The molecule has 1 heterocycles. The fourth-order valence-corrected chi connectivity index (χ4v) is 4.32. The van der Waals surface area contributed by atoms with E-state index in [4.69, 9.17) is 5.73 Å². The van der Waals surface area contributed by atoms with Crippen LogP contribution in [-0.2, 0) is 5.75 Å². The molecule has 0 spiro atoms. The minimum atomic E-state index is 0.402. The summed E-state index contributed by atoms with van der Waals surface area (Å²) in [5.74, 6) is 3.62. The van der Waals surface area contributed by atoms with Crippen molar-refractivity contribution in [2.75, 3.05) is 5.73 Å². The molecule has 1 aromatic rings. The van der Waals surface area contributed by atoms with E-state index in [0.717, 1.165) is 22.7 Å². The summed E-state index contributed by atoms with van der Waals surface area (Å²) < 4.78 is 0. The molecule has 3 rings (SSSR count). The van der Waals surface area contributed by atoms with E-state index in [2.05, 4.69) is 15.0 Å². The lowest BCUT2D eigenvalue weighted by Gasteiger charge is -2.11. The molecule has 2 aliphatic carbocycles.